The Balaban J connectivity index is 2.30. The Labute approximate surface area is 111 Å². The third-order valence-electron chi connectivity index (χ3n) is 3.27. The van der Waals surface area contributed by atoms with Crippen LogP contribution in [0, 0.1) is 12.7 Å². The van der Waals surface area contributed by atoms with Crippen LogP contribution in [0.4, 0.5) is 4.39 Å². The molecule has 0 spiro atoms. The van der Waals surface area contributed by atoms with E-state index in [1.807, 2.05) is 6.07 Å². The van der Waals surface area contributed by atoms with E-state index in [9.17, 15) is 9.50 Å². The van der Waals surface area contributed by atoms with E-state index in [0.29, 0.717) is 17.7 Å². The fourth-order valence-electron chi connectivity index (χ4n) is 2.13. The van der Waals surface area contributed by atoms with Gasteiger partial charge in [-0.3, -0.25) is 4.98 Å². The minimum atomic E-state index is -0.770. The summed E-state index contributed by atoms with van der Waals surface area (Å²) in [5.41, 5.74) is 7.80. The molecule has 4 heteroatoms. The second kappa shape index (κ2) is 5.91. The molecule has 0 aliphatic rings. The third-order valence-corrected chi connectivity index (χ3v) is 3.27. The Bertz CT molecular complexity index is 545. The molecule has 2 unspecified atom stereocenters. The number of benzene rings is 1. The molecule has 0 radical (unpaired) electrons. The number of nitrogens with zero attached hydrogens (tertiary/aromatic N) is 1. The SMILES string of the molecule is Cc1cc(C(O)C(CN)c2cccnc2)ccc1F. The molecule has 1 heterocycles. The molecule has 2 aromatic rings. The van der Waals surface area contributed by atoms with Crippen LogP contribution in [0.1, 0.15) is 28.7 Å². The van der Waals surface area contributed by atoms with Gasteiger partial charge in [-0.25, -0.2) is 4.39 Å². The second-order valence-electron chi connectivity index (χ2n) is 4.58. The first-order chi connectivity index (χ1) is 9.13. The van der Waals surface area contributed by atoms with Gasteiger partial charge in [-0.2, -0.15) is 0 Å². The Morgan fingerprint density at radius 1 is 1.32 bits per heavy atom. The van der Waals surface area contributed by atoms with Crippen LogP contribution < -0.4 is 5.73 Å². The zero-order valence-corrected chi connectivity index (χ0v) is 10.8. The summed E-state index contributed by atoms with van der Waals surface area (Å²) in [6.07, 6.45) is 2.59. The highest BCUT2D eigenvalue weighted by atomic mass is 19.1. The minimum absolute atomic E-state index is 0.251. The van der Waals surface area contributed by atoms with Crippen molar-refractivity contribution in [3.63, 3.8) is 0 Å². The number of aliphatic hydroxyl groups is 1. The molecule has 0 saturated carbocycles. The van der Waals surface area contributed by atoms with Gasteiger partial charge in [0.1, 0.15) is 5.82 Å². The highest BCUT2D eigenvalue weighted by molar-refractivity contribution is 5.29. The number of hydrogen-bond donors (Lipinski definition) is 2. The maximum absolute atomic E-state index is 13.3. The molecule has 0 aliphatic carbocycles. The quantitative estimate of drug-likeness (QED) is 0.886. The molecule has 1 aromatic carbocycles. The average molecular weight is 260 g/mol. The number of nitrogens with two attached hydrogens (primary N) is 1. The number of rotatable bonds is 4. The number of halogens is 1. The Morgan fingerprint density at radius 3 is 2.68 bits per heavy atom. The van der Waals surface area contributed by atoms with Crippen molar-refractivity contribution in [1.29, 1.82) is 0 Å². The van der Waals surface area contributed by atoms with Gasteiger partial charge in [0.25, 0.3) is 0 Å². The maximum atomic E-state index is 13.3. The number of aliphatic hydroxyl groups excluding tert-OH is 1. The summed E-state index contributed by atoms with van der Waals surface area (Å²) >= 11 is 0. The van der Waals surface area contributed by atoms with Crippen molar-refractivity contribution in [2.24, 2.45) is 5.73 Å². The fourth-order valence-corrected chi connectivity index (χ4v) is 2.13. The average Bonchev–Trinajstić information content (AvgIpc) is 2.44. The molecule has 19 heavy (non-hydrogen) atoms. The standard InChI is InChI=1S/C15H17FN2O/c1-10-7-11(4-5-14(10)16)15(19)13(8-17)12-3-2-6-18-9-12/h2-7,9,13,15,19H,8,17H2,1H3. The monoisotopic (exact) mass is 260 g/mol. The van der Waals surface area contributed by atoms with Gasteiger partial charge >= 0.3 is 0 Å². The number of pyridine rings is 1. The normalized spacial score (nSPS) is 14.1. The summed E-state index contributed by atoms with van der Waals surface area (Å²) in [4.78, 5) is 4.03. The first-order valence-corrected chi connectivity index (χ1v) is 6.17. The van der Waals surface area contributed by atoms with Crippen LogP contribution in [0.25, 0.3) is 0 Å². The van der Waals surface area contributed by atoms with Gasteiger partial charge in [0.2, 0.25) is 0 Å². The zero-order chi connectivity index (χ0) is 13.8. The minimum Gasteiger partial charge on any atom is -0.388 e. The molecule has 0 amide bonds. The van der Waals surface area contributed by atoms with E-state index in [-0.39, 0.29) is 11.7 Å². The van der Waals surface area contributed by atoms with Crippen LogP contribution in [0.15, 0.2) is 42.7 Å². The molecule has 3 N–H and O–H groups in total. The molecule has 3 nitrogen and oxygen atoms in total. The van der Waals surface area contributed by atoms with E-state index in [1.165, 1.54) is 6.07 Å². The molecule has 100 valence electrons. The van der Waals surface area contributed by atoms with Crippen LogP contribution in [-0.4, -0.2) is 16.6 Å². The predicted molar refractivity (Wildman–Crippen MR) is 72.1 cm³/mol. The summed E-state index contributed by atoms with van der Waals surface area (Å²) in [7, 11) is 0. The molecule has 0 bridgehead atoms. The van der Waals surface area contributed by atoms with E-state index >= 15 is 0 Å². The summed E-state index contributed by atoms with van der Waals surface area (Å²) in [5, 5.41) is 10.4. The van der Waals surface area contributed by atoms with E-state index < -0.39 is 6.10 Å². The van der Waals surface area contributed by atoms with Gasteiger partial charge in [0.15, 0.2) is 0 Å². The fraction of sp³-hybridized carbons (Fsp3) is 0.267. The first-order valence-electron chi connectivity index (χ1n) is 6.17. The van der Waals surface area contributed by atoms with Crippen molar-refractivity contribution < 1.29 is 9.50 Å². The van der Waals surface area contributed by atoms with E-state index in [4.69, 9.17) is 5.73 Å². The van der Waals surface area contributed by atoms with Crippen molar-refractivity contribution >= 4 is 0 Å². The lowest BCUT2D eigenvalue weighted by atomic mass is 9.89. The predicted octanol–water partition coefficient (Wildman–Crippen LogP) is 2.31. The summed E-state index contributed by atoms with van der Waals surface area (Å²) in [6, 6.07) is 8.29. The van der Waals surface area contributed by atoms with Gasteiger partial charge in [-0.05, 0) is 35.7 Å². The third kappa shape index (κ3) is 2.97. The van der Waals surface area contributed by atoms with Crippen molar-refractivity contribution in [3.05, 3.63) is 65.2 Å². The highest BCUT2D eigenvalue weighted by Gasteiger charge is 2.22. The van der Waals surface area contributed by atoms with Gasteiger partial charge in [0, 0.05) is 24.9 Å². The summed E-state index contributed by atoms with van der Waals surface area (Å²) < 4.78 is 13.3. The molecule has 2 atom stereocenters. The highest BCUT2D eigenvalue weighted by Crippen LogP contribution is 2.30. The van der Waals surface area contributed by atoms with Crippen LogP contribution in [-0.2, 0) is 0 Å². The van der Waals surface area contributed by atoms with Gasteiger partial charge in [-0.15, -0.1) is 0 Å². The summed E-state index contributed by atoms with van der Waals surface area (Å²) in [6.45, 7) is 1.97. The van der Waals surface area contributed by atoms with Gasteiger partial charge in [0.05, 0.1) is 6.10 Å². The van der Waals surface area contributed by atoms with Crippen molar-refractivity contribution in [3.8, 4) is 0 Å². The molecule has 0 saturated heterocycles. The maximum Gasteiger partial charge on any atom is 0.126 e. The molecule has 1 aromatic heterocycles. The Kier molecular flexibility index (Phi) is 4.24. The lowest BCUT2D eigenvalue weighted by Crippen LogP contribution is -2.20. The molecule has 0 aliphatic heterocycles. The molecular weight excluding hydrogens is 243 g/mol. The lowest BCUT2D eigenvalue weighted by Gasteiger charge is -2.22. The smallest absolute Gasteiger partial charge is 0.126 e. The van der Waals surface area contributed by atoms with Gasteiger partial charge < -0.3 is 10.8 Å². The second-order valence-corrected chi connectivity index (χ2v) is 4.58. The van der Waals surface area contributed by atoms with Crippen molar-refractivity contribution in [2.75, 3.05) is 6.54 Å². The van der Waals surface area contributed by atoms with E-state index in [1.54, 1.807) is 37.5 Å². The summed E-state index contributed by atoms with van der Waals surface area (Å²) in [5.74, 6) is -0.528. The zero-order valence-electron chi connectivity index (χ0n) is 10.8. The number of aryl methyl sites for hydroxylation is 1. The van der Waals surface area contributed by atoms with Crippen LogP contribution in [0.2, 0.25) is 0 Å². The van der Waals surface area contributed by atoms with Gasteiger partial charge in [-0.1, -0.05) is 18.2 Å². The van der Waals surface area contributed by atoms with Crippen LogP contribution in [0.3, 0.4) is 0 Å². The molecule has 0 fully saturated rings. The molecular formula is C15H17FN2O. The lowest BCUT2D eigenvalue weighted by molar-refractivity contribution is 0.147. The Morgan fingerprint density at radius 2 is 2.11 bits per heavy atom. The van der Waals surface area contributed by atoms with E-state index in [2.05, 4.69) is 4.98 Å². The largest absolute Gasteiger partial charge is 0.388 e. The van der Waals surface area contributed by atoms with Crippen LogP contribution >= 0.6 is 0 Å². The Hall–Kier alpha value is -1.78. The van der Waals surface area contributed by atoms with Crippen LogP contribution in [0.5, 0.6) is 0 Å². The van der Waals surface area contributed by atoms with Crippen molar-refractivity contribution in [1.82, 2.24) is 4.98 Å². The molecule has 2 rings (SSSR count). The van der Waals surface area contributed by atoms with Crippen molar-refractivity contribution in [2.45, 2.75) is 18.9 Å². The van der Waals surface area contributed by atoms with E-state index in [0.717, 1.165) is 5.56 Å². The topological polar surface area (TPSA) is 59.1 Å². The first kappa shape index (κ1) is 13.6. The number of aromatic nitrogens is 1. The number of hydrogen-bond acceptors (Lipinski definition) is 3.